The molecule has 1 heterocycles. The van der Waals surface area contributed by atoms with E-state index in [2.05, 4.69) is 15.0 Å². The number of aromatic nitrogens is 3. The van der Waals surface area contributed by atoms with Gasteiger partial charge >= 0.3 is 5.97 Å². The van der Waals surface area contributed by atoms with E-state index in [9.17, 15) is 13.2 Å². The van der Waals surface area contributed by atoms with Crippen LogP contribution in [-0.4, -0.2) is 46.8 Å². The third-order valence-electron chi connectivity index (χ3n) is 2.19. The topological polar surface area (TPSA) is 114 Å². The van der Waals surface area contributed by atoms with Crippen molar-refractivity contribution in [3.8, 4) is 0 Å². The minimum atomic E-state index is -3.25. The number of rotatable bonds is 8. The van der Waals surface area contributed by atoms with Crippen LogP contribution in [0, 0.1) is 0 Å². The van der Waals surface area contributed by atoms with Crippen LogP contribution in [0.15, 0.2) is 6.20 Å². The van der Waals surface area contributed by atoms with Gasteiger partial charge in [-0.1, -0.05) is 18.6 Å². The Morgan fingerprint density at radius 3 is 2.83 bits per heavy atom. The summed E-state index contributed by atoms with van der Waals surface area (Å²) >= 11 is 0. The van der Waals surface area contributed by atoms with E-state index in [0.29, 0.717) is 6.42 Å². The first-order valence-corrected chi connectivity index (χ1v) is 7.20. The number of carboxylic acids is 1. The van der Waals surface area contributed by atoms with Crippen LogP contribution < -0.4 is 4.72 Å². The monoisotopic (exact) mass is 276 g/mol. The van der Waals surface area contributed by atoms with Gasteiger partial charge in [0.25, 0.3) is 0 Å². The summed E-state index contributed by atoms with van der Waals surface area (Å²) in [4.78, 5) is 10.5. The number of nitrogens with zero attached hydrogens (tertiary/aromatic N) is 3. The summed E-state index contributed by atoms with van der Waals surface area (Å²) in [6.07, 6.45) is 2.68. The highest BCUT2D eigenvalue weighted by atomic mass is 32.2. The molecule has 9 heteroatoms. The summed E-state index contributed by atoms with van der Waals surface area (Å²) < 4.78 is 26.6. The first-order chi connectivity index (χ1) is 8.44. The smallest absolute Gasteiger partial charge is 0.358 e. The first-order valence-electron chi connectivity index (χ1n) is 5.55. The summed E-state index contributed by atoms with van der Waals surface area (Å²) in [7, 11) is -3.25. The minimum Gasteiger partial charge on any atom is -0.476 e. The Kier molecular flexibility index (Phi) is 5.23. The number of nitrogens with one attached hydrogen (secondary N) is 1. The van der Waals surface area contributed by atoms with Crippen molar-refractivity contribution in [2.75, 3.05) is 12.3 Å². The van der Waals surface area contributed by atoms with Crippen LogP contribution in [0.5, 0.6) is 0 Å². The molecule has 0 saturated heterocycles. The van der Waals surface area contributed by atoms with Crippen molar-refractivity contribution < 1.29 is 18.3 Å². The van der Waals surface area contributed by atoms with Crippen molar-refractivity contribution >= 4 is 16.0 Å². The van der Waals surface area contributed by atoms with Gasteiger partial charge in [0.1, 0.15) is 0 Å². The van der Waals surface area contributed by atoms with Crippen LogP contribution in [0.4, 0.5) is 0 Å². The van der Waals surface area contributed by atoms with Crippen molar-refractivity contribution in [1.82, 2.24) is 19.7 Å². The molecule has 18 heavy (non-hydrogen) atoms. The summed E-state index contributed by atoms with van der Waals surface area (Å²) in [6, 6.07) is 0. The van der Waals surface area contributed by atoms with Crippen molar-refractivity contribution in [3.63, 3.8) is 0 Å². The van der Waals surface area contributed by atoms with E-state index in [-0.39, 0.29) is 24.5 Å². The van der Waals surface area contributed by atoms with Crippen molar-refractivity contribution in [2.45, 2.75) is 26.3 Å². The van der Waals surface area contributed by atoms with Gasteiger partial charge in [-0.25, -0.2) is 17.9 Å². The predicted molar refractivity (Wildman–Crippen MR) is 63.7 cm³/mol. The number of unbranched alkanes of at least 4 members (excludes halogenated alkanes) is 1. The number of aromatic carboxylic acids is 1. The van der Waals surface area contributed by atoms with Gasteiger partial charge in [0.2, 0.25) is 10.0 Å². The summed E-state index contributed by atoms with van der Waals surface area (Å²) in [6.45, 7) is 2.32. The fraction of sp³-hybridized carbons (Fsp3) is 0.667. The molecule has 2 N–H and O–H groups in total. The molecule has 0 aliphatic carbocycles. The molecule has 0 amide bonds. The molecule has 0 saturated carbocycles. The van der Waals surface area contributed by atoms with E-state index in [1.54, 1.807) is 0 Å². The van der Waals surface area contributed by atoms with Gasteiger partial charge in [0.15, 0.2) is 5.69 Å². The summed E-state index contributed by atoms with van der Waals surface area (Å²) in [5.74, 6) is -1.06. The minimum absolute atomic E-state index is 0.0984. The molecular weight excluding hydrogens is 260 g/mol. The molecule has 8 nitrogen and oxygen atoms in total. The zero-order valence-corrected chi connectivity index (χ0v) is 10.9. The number of carbonyl (C=O) groups is 1. The Balaban J connectivity index is 2.39. The summed E-state index contributed by atoms with van der Waals surface area (Å²) in [5, 5.41) is 15.6. The molecule has 0 aliphatic heterocycles. The third-order valence-corrected chi connectivity index (χ3v) is 3.66. The normalized spacial score (nSPS) is 11.6. The van der Waals surface area contributed by atoms with Crippen molar-refractivity contribution in [3.05, 3.63) is 11.9 Å². The van der Waals surface area contributed by atoms with Gasteiger partial charge in [-0.2, -0.15) is 0 Å². The van der Waals surface area contributed by atoms with Gasteiger partial charge in [-0.15, -0.1) is 5.10 Å². The average molecular weight is 276 g/mol. The number of hydrogen-bond acceptors (Lipinski definition) is 5. The second-order valence-corrected chi connectivity index (χ2v) is 5.67. The Morgan fingerprint density at radius 2 is 2.28 bits per heavy atom. The quantitative estimate of drug-likeness (QED) is 0.673. The zero-order valence-electron chi connectivity index (χ0n) is 10.0. The Labute approximate surface area is 105 Å². The van der Waals surface area contributed by atoms with Gasteiger partial charge in [-0.05, 0) is 6.42 Å². The number of hydrogen-bond donors (Lipinski definition) is 2. The molecule has 0 aromatic carbocycles. The fourth-order valence-corrected chi connectivity index (χ4v) is 2.44. The molecule has 0 fully saturated rings. The van der Waals surface area contributed by atoms with Crippen LogP contribution in [0.2, 0.25) is 0 Å². The van der Waals surface area contributed by atoms with Crippen molar-refractivity contribution in [2.24, 2.45) is 0 Å². The van der Waals surface area contributed by atoms with E-state index in [1.165, 1.54) is 10.9 Å². The maximum absolute atomic E-state index is 11.4. The maximum Gasteiger partial charge on any atom is 0.358 e. The lowest BCUT2D eigenvalue weighted by atomic mass is 10.4. The van der Waals surface area contributed by atoms with Crippen LogP contribution >= 0.6 is 0 Å². The lowest BCUT2D eigenvalue weighted by molar-refractivity contribution is 0.0690. The molecule has 0 radical (unpaired) electrons. The highest BCUT2D eigenvalue weighted by Crippen LogP contribution is 1.95. The molecule has 0 unspecified atom stereocenters. The lowest BCUT2D eigenvalue weighted by Crippen LogP contribution is -2.29. The van der Waals surface area contributed by atoms with Gasteiger partial charge in [0, 0.05) is 6.54 Å². The third kappa shape index (κ3) is 4.80. The van der Waals surface area contributed by atoms with Gasteiger partial charge < -0.3 is 5.11 Å². The molecule has 0 bridgehead atoms. The SMILES string of the molecule is CCCCS(=O)(=O)NCCn1cc(C(=O)O)nn1. The highest BCUT2D eigenvalue weighted by molar-refractivity contribution is 7.89. The second kappa shape index (κ2) is 6.45. The largest absolute Gasteiger partial charge is 0.476 e. The highest BCUT2D eigenvalue weighted by Gasteiger charge is 2.10. The van der Waals surface area contributed by atoms with E-state index in [1.807, 2.05) is 6.92 Å². The molecule has 0 spiro atoms. The van der Waals surface area contributed by atoms with Gasteiger partial charge in [-0.3, -0.25) is 4.68 Å². The van der Waals surface area contributed by atoms with Crippen LogP contribution in [-0.2, 0) is 16.6 Å². The predicted octanol–water partition coefficient (Wildman–Crippen LogP) is -0.304. The second-order valence-electron chi connectivity index (χ2n) is 3.74. The van der Waals surface area contributed by atoms with E-state index >= 15 is 0 Å². The molecule has 1 rings (SSSR count). The lowest BCUT2D eigenvalue weighted by Gasteiger charge is -2.05. The van der Waals surface area contributed by atoms with Crippen LogP contribution in [0.3, 0.4) is 0 Å². The van der Waals surface area contributed by atoms with Crippen molar-refractivity contribution in [1.29, 1.82) is 0 Å². The zero-order chi connectivity index (χ0) is 13.6. The number of sulfonamides is 1. The number of carboxylic acid groups (broad SMARTS) is 1. The first kappa shape index (κ1) is 14.6. The maximum atomic E-state index is 11.4. The van der Waals surface area contributed by atoms with Crippen LogP contribution in [0.1, 0.15) is 30.3 Å². The Hall–Kier alpha value is -1.48. The fourth-order valence-electron chi connectivity index (χ4n) is 1.23. The molecule has 1 aromatic rings. The molecule has 0 atom stereocenters. The van der Waals surface area contributed by atoms with Gasteiger partial charge in [0.05, 0.1) is 18.5 Å². The van der Waals surface area contributed by atoms with E-state index in [4.69, 9.17) is 5.11 Å². The average Bonchev–Trinajstić information content (AvgIpc) is 2.75. The standard InChI is InChI=1S/C9H16N4O4S/c1-2-3-6-18(16,17)10-4-5-13-7-8(9(14)15)11-12-13/h7,10H,2-6H2,1H3,(H,14,15). The molecule has 0 aliphatic rings. The molecular formula is C9H16N4O4S. The van der Waals surface area contributed by atoms with E-state index in [0.717, 1.165) is 6.42 Å². The molecule has 102 valence electrons. The Morgan fingerprint density at radius 1 is 1.56 bits per heavy atom. The summed E-state index contributed by atoms with van der Waals surface area (Å²) in [5.41, 5.74) is -0.163. The van der Waals surface area contributed by atoms with Crippen LogP contribution in [0.25, 0.3) is 0 Å². The molecule has 1 aromatic heterocycles. The Bertz CT molecular complexity index is 496. The van der Waals surface area contributed by atoms with E-state index < -0.39 is 16.0 Å².